The molecule has 2 N–H and O–H groups in total. The van der Waals surface area contributed by atoms with Gasteiger partial charge in [0.1, 0.15) is 0 Å². The Balaban J connectivity index is 1.43. The zero-order chi connectivity index (χ0) is 19.7. The Kier molecular flexibility index (Phi) is 4.64. The summed E-state index contributed by atoms with van der Waals surface area (Å²) in [5.41, 5.74) is 1.01. The number of carbonyl (C=O) groups is 1. The number of anilines is 1. The minimum absolute atomic E-state index is 0.302. The van der Waals surface area contributed by atoms with E-state index in [0.29, 0.717) is 11.3 Å². The van der Waals surface area contributed by atoms with Gasteiger partial charge in [-0.2, -0.15) is 13.2 Å². The molecule has 0 spiro atoms. The van der Waals surface area contributed by atoms with E-state index in [0.717, 1.165) is 27.9 Å². The summed E-state index contributed by atoms with van der Waals surface area (Å²) in [7, 11) is 0. The van der Waals surface area contributed by atoms with E-state index in [-0.39, 0.29) is 5.91 Å². The number of aromatic nitrogens is 2. The lowest BCUT2D eigenvalue weighted by Crippen LogP contribution is -2.11. The number of alkyl halides is 3. The van der Waals surface area contributed by atoms with Crippen LogP contribution in [0.2, 0.25) is 0 Å². The van der Waals surface area contributed by atoms with Crippen molar-refractivity contribution in [3.05, 3.63) is 84.3 Å². The van der Waals surface area contributed by atoms with E-state index in [1.54, 1.807) is 22.4 Å². The number of halogens is 3. The Morgan fingerprint density at radius 1 is 1.04 bits per heavy atom. The molecule has 0 aliphatic carbocycles. The lowest BCUT2D eigenvalue weighted by atomic mass is 10.2. The number of rotatable bonds is 4. The molecule has 8 heteroatoms. The fourth-order valence-corrected chi connectivity index (χ4v) is 3.56. The highest BCUT2D eigenvalue weighted by molar-refractivity contribution is 7.97. The summed E-state index contributed by atoms with van der Waals surface area (Å²) in [4.78, 5) is 16.5. The van der Waals surface area contributed by atoms with Crippen molar-refractivity contribution < 1.29 is 18.0 Å². The van der Waals surface area contributed by atoms with Gasteiger partial charge in [-0.25, -0.2) is 0 Å². The van der Waals surface area contributed by atoms with E-state index < -0.39 is 11.7 Å². The van der Waals surface area contributed by atoms with Crippen molar-refractivity contribution in [2.24, 2.45) is 0 Å². The normalized spacial score (nSPS) is 11.7. The van der Waals surface area contributed by atoms with Crippen molar-refractivity contribution in [1.29, 1.82) is 0 Å². The van der Waals surface area contributed by atoms with E-state index in [9.17, 15) is 18.0 Å². The minimum Gasteiger partial charge on any atom is -0.361 e. The molecule has 2 aromatic heterocycles. The van der Waals surface area contributed by atoms with Gasteiger partial charge in [0.2, 0.25) is 0 Å². The third-order valence-electron chi connectivity index (χ3n) is 4.14. The van der Waals surface area contributed by atoms with Crippen LogP contribution in [0.5, 0.6) is 0 Å². The van der Waals surface area contributed by atoms with Crippen LogP contribution in [0, 0.1) is 0 Å². The summed E-state index contributed by atoms with van der Waals surface area (Å²) < 4.78 is 39.6. The first kappa shape index (κ1) is 18.2. The highest BCUT2D eigenvalue weighted by Gasteiger charge is 2.30. The molecule has 0 saturated heterocycles. The van der Waals surface area contributed by atoms with Gasteiger partial charge in [0.15, 0.2) is 0 Å². The predicted octanol–water partition coefficient (Wildman–Crippen LogP) is 5.80. The molecule has 142 valence electrons. The third kappa shape index (κ3) is 3.91. The summed E-state index contributed by atoms with van der Waals surface area (Å²) in [6.07, 6.45) is 0.901. The molecule has 28 heavy (non-hydrogen) atoms. The Hall–Kier alpha value is -3.13. The molecule has 1 amide bonds. The van der Waals surface area contributed by atoms with Crippen LogP contribution in [0.4, 0.5) is 18.9 Å². The van der Waals surface area contributed by atoms with Crippen molar-refractivity contribution in [1.82, 2.24) is 8.96 Å². The summed E-state index contributed by atoms with van der Waals surface area (Å²) in [5, 5.41) is 3.70. The van der Waals surface area contributed by atoms with Crippen molar-refractivity contribution in [2.45, 2.75) is 11.1 Å². The molecule has 0 bridgehead atoms. The molecule has 2 aromatic carbocycles. The smallest absolute Gasteiger partial charge is 0.361 e. The number of amides is 1. The highest BCUT2D eigenvalue weighted by Crippen LogP contribution is 2.30. The molecule has 0 radical (unpaired) electrons. The zero-order valence-electron chi connectivity index (χ0n) is 14.3. The van der Waals surface area contributed by atoms with Crippen molar-refractivity contribution in [2.75, 3.05) is 5.32 Å². The molecule has 0 atom stereocenters. The molecule has 0 aliphatic heterocycles. The maximum atomic E-state index is 12.6. The number of hydrogen-bond donors (Lipinski definition) is 2. The van der Waals surface area contributed by atoms with Crippen LogP contribution in [0.1, 0.15) is 15.9 Å². The second kappa shape index (κ2) is 7.12. The van der Waals surface area contributed by atoms with Gasteiger partial charge in [0.05, 0.1) is 11.1 Å². The van der Waals surface area contributed by atoms with Crippen LogP contribution >= 0.6 is 11.9 Å². The number of carbonyl (C=O) groups excluding carboxylic acids is 1. The number of hydrogen-bond acceptors (Lipinski definition) is 2. The first-order valence-electron chi connectivity index (χ1n) is 8.30. The number of nitrogens with one attached hydrogen (secondary N) is 2. The van der Waals surface area contributed by atoms with E-state index >= 15 is 0 Å². The summed E-state index contributed by atoms with van der Waals surface area (Å²) >= 11 is 1.45. The molecule has 4 nitrogen and oxygen atoms in total. The van der Waals surface area contributed by atoms with E-state index in [1.165, 1.54) is 24.1 Å². The standard InChI is InChI=1S/C20H14F3N3OS/c21-20(22,23)15-1-3-16(4-2-15)25-19(27)14-8-10-26(12-14)28-17-5-6-18-13(11-17)7-9-24-18/h1-12,24H,(H,25,27). The monoisotopic (exact) mass is 401 g/mol. The Morgan fingerprint density at radius 2 is 1.82 bits per heavy atom. The maximum absolute atomic E-state index is 12.6. The molecule has 0 aliphatic rings. The van der Waals surface area contributed by atoms with Gasteiger partial charge in [-0.3, -0.25) is 8.77 Å². The van der Waals surface area contributed by atoms with Gasteiger partial charge in [0.25, 0.3) is 5.91 Å². The Labute approximate surface area is 162 Å². The Bertz CT molecular complexity index is 1130. The SMILES string of the molecule is O=C(Nc1ccc(C(F)(F)F)cc1)c1ccn(Sc2ccc3[nH]ccc3c2)c1. The molecule has 2 heterocycles. The largest absolute Gasteiger partial charge is 0.416 e. The lowest BCUT2D eigenvalue weighted by molar-refractivity contribution is -0.137. The average molecular weight is 401 g/mol. The van der Waals surface area contributed by atoms with Crippen LogP contribution in [0.15, 0.2) is 78.1 Å². The minimum atomic E-state index is -4.40. The topological polar surface area (TPSA) is 49.8 Å². The number of benzene rings is 2. The van der Waals surface area contributed by atoms with Gasteiger partial charge >= 0.3 is 6.18 Å². The Morgan fingerprint density at radius 3 is 2.57 bits per heavy atom. The second-order valence-electron chi connectivity index (χ2n) is 6.11. The fourth-order valence-electron chi connectivity index (χ4n) is 2.72. The number of nitrogens with zero attached hydrogens (tertiary/aromatic N) is 1. The third-order valence-corrected chi connectivity index (χ3v) is 5.04. The number of H-pyrrole nitrogens is 1. The second-order valence-corrected chi connectivity index (χ2v) is 7.18. The first-order valence-corrected chi connectivity index (χ1v) is 9.08. The molecular formula is C20H14F3N3OS. The molecule has 4 aromatic rings. The summed E-state index contributed by atoms with van der Waals surface area (Å²) in [6.45, 7) is 0. The van der Waals surface area contributed by atoms with Gasteiger partial charge in [-0.15, -0.1) is 0 Å². The summed E-state index contributed by atoms with van der Waals surface area (Å²) in [5.74, 6) is -0.389. The molecular weight excluding hydrogens is 387 g/mol. The van der Waals surface area contributed by atoms with Crippen LogP contribution in [-0.2, 0) is 6.18 Å². The van der Waals surface area contributed by atoms with Gasteiger partial charge < -0.3 is 10.3 Å². The van der Waals surface area contributed by atoms with E-state index in [2.05, 4.69) is 10.3 Å². The molecule has 0 unspecified atom stereocenters. The van der Waals surface area contributed by atoms with E-state index in [1.807, 2.05) is 30.5 Å². The van der Waals surface area contributed by atoms with Crippen molar-refractivity contribution >= 4 is 34.4 Å². The number of fused-ring (bicyclic) bond motifs is 1. The quantitative estimate of drug-likeness (QED) is 0.454. The van der Waals surface area contributed by atoms with Crippen LogP contribution in [0.3, 0.4) is 0 Å². The summed E-state index contributed by atoms with van der Waals surface area (Å²) in [6, 6.07) is 14.0. The van der Waals surface area contributed by atoms with Crippen LogP contribution in [-0.4, -0.2) is 14.9 Å². The molecule has 0 fully saturated rings. The lowest BCUT2D eigenvalue weighted by Gasteiger charge is -2.08. The van der Waals surface area contributed by atoms with E-state index in [4.69, 9.17) is 0 Å². The van der Waals surface area contributed by atoms with Crippen LogP contribution < -0.4 is 5.32 Å². The zero-order valence-corrected chi connectivity index (χ0v) is 15.1. The van der Waals surface area contributed by atoms with Crippen LogP contribution in [0.25, 0.3) is 10.9 Å². The van der Waals surface area contributed by atoms with Gasteiger partial charge in [0, 0.05) is 40.1 Å². The number of aromatic amines is 1. The fraction of sp³-hybridized carbons (Fsp3) is 0.0500. The molecule has 0 saturated carbocycles. The molecule has 4 rings (SSSR count). The predicted molar refractivity (Wildman–Crippen MR) is 103 cm³/mol. The van der Waals surface area contributed by atoms with Crippen molar-refractivity contribution in [3.8, 4) is 0 Å². The van der Waals surface area contributed by atoms with Crippen molar-refractivity contribution in [3.63, 3.8) is 0 Å². The highest BCUT2D eigenvalue weighted by atomic mass is 32.2. The van der Waals surface area contributed by atoms with Gasteiger partial charge in [-0.1, -0.05) is 0 Å². The maximum Gasteiger partial charge on any atom is 0.416 e. The average Bonchev–Trinajstić information content (AvgIpc) is 3.30. The first-order chi connectivity index (χ1) is 13.4. The van der Waals surface area contributed by atoms with Gasteiger partial charge in [-0.05, 0) is 66.5 Å².